The third-order valence-corrected chi connectivity index (χ3v) is 6.24. The minimum Gasteiger partial charge on any atom is -0.295 e. The Morgan fingerprint density at radius 3 is 1.88 bits per heavy atom. The predicted octanol–water partition coefficient (Wildman–Crippen LogP) is 5.73. The van der Waals surface area contributed by atoms with Gasteiger partial charge in [0.2, 0.25) is 0 Å². The van der Waals surface area contributed by atoms with E-state index < -0.39 is 0 Å². The Balaban J connectivity index is 1.81. The van der Waals surface area contributed by atoms with E-state index in [2.05, 4.69) is 65.6 Å². The number of piperidine rings is 1. The first-order chi connectivity index (χ1) is 11.9. The molecule has 1 heteroatoms. The zero-order valence-electron chi connectivity index (χ0n) is 14.7. The van der Waals surface area contributed by atoms with Crippen molar-refractivity contribution in [3.05, 3.63) is 71.8 Å². The number of hydrogen-bond donors (Lipinski definition) is 0. The van der Waals surface area contributed by atoms with E-state index in [1.165, 1.54) is 63.6 Å². The highest BCUT2D eigenvalue weighted by molar-refractivity contribution is 5.35. The van der Waals surface area contributed by atoms with E-state index in [1.54, 1.807) is 5.56 Å². The van der Waals surface area contributed by atoms with Gasteiger partial charge in [0.1, 0.15) is 0 Å². The highest BCUT2D eigenvalue weighted by Crippen LogP contribution is 2.52. The summed E-state index contributed by atoms with van der Waals surface area (Å²) >= 11 is 0. The zero-order chi connectivity index (χ0) is 16.2. The van der Waals surface area contributed by atoms with Crippen molar-refractivity contribution in [3.63, 3.8) is 0 Å². The molecule has 1 saturated carbocycles. The molecule has 0 amide bonds. The number of benzene rings is 2. The van der Waals surface area contributed by atoms with Crippen molar-refractivity contribution in [2.45, 2.75) is 56.4 Å². The Morgan fingerprint density at radius 2 is 1.25 bits per heavy atom. The van der Waals surface area contributed by atoms with Crippen molar-refractivity contribution in [2.75, 3.05) is 13.1 Å². The first-order valence-electron chi connectivity index (χ1n) is 9.75. The predicted molar refractivity (Wildman–Crippen MR) is 101 cm³/mol. The first kappa shape index (κ1) is 15.9. The molecule has 1 saturated heterocycles. The molecule has 1 aliphatic heterocycles. The lowest BCUT2D eigenvalue weighted by Crippen LogP contribution is -2.45. The molecule has 2 aliphatic rings. The van der Waals surface area contributed by atoms with Crippen LogP contribution in [-0.4, -0.2) is 18.0 Å². The number of rotatable bonds is 4. The SMILES string of the molecule is c1ccc(C(N2CCCCC2)C2(c3ccccc3)CCCC2)cc1. The summed E-state index contributed by atoms with van der Waals surface area (Å²) in [5.74, 6) is 0. The fourth-order valence-electron chi connectivity index (χ4n) is 5.19. The summed E-state index contributed by atoms with van der Waals surface area (Å²) in [6.45, 7) is 2.52. The lowest BCUT2D eigenvalue weighted by Gasteiger charge is -2.46. The average molecular weight is 319 g/mol. The lowest BCUT2D eigenvalue weighted by atomic mass is 9.69. The molecule has 0 aromatic heterocycles. The van der Waals surface area contributed by atoms with Gasteiger partial charge in [0.05, 0.1) is 0 Å². The molecule has 0 spiro atoms. The molecule has 1 unspecified atom stereocenters. The van der Waals surface area contributed by atoms with Gasteiger partial charge in [-0.05, 0) is 49.9 Å². The van der Waals surface area contributed by atoms with Crippen LogP contribution in [0, 0.1) is 0 Å². The topological polar surface area (TPSA) is 3.24 Å². The smallest absolute Gasteiger partial charge is 0.0444 e. The molecule has 0 N–H and O–H groups in total. The molecule has 2 aromatic rings. The van der Waals surface area contributed by atoms with Crippen LogP contribution in [0.2, 0.25) is 0 Å². The quantitative estimate of drug-likeness (QED) is 0.696. The lowest BCUT2D eigenvalue weighted by molar-refractivity contribution is 0.0951. The van der Waals surface area contributed by atoms with Crippen molar-refractivity contribution in [1.29, 1.82) is 0 Å². The van der Waals surface area contributed by atoms with E-state index >= 15 is 0 Å². The zero-order valence-corrected chi connectivity index (χ0v) is 14.7. The number of hydrogen-bond acceptors (Lipinski definition) is 1. The van der Waals surface area contributed by atoms with Crippen LogP contribution in [0.25, 0.3) is 0 Å². The Morgan fingerprint density at radius 1 is 0.667 bits per heavy atom. The summed E-state index contributed by atoms with van der Waals surface area (Å²) in [5.41, 5.74) is 3.37. The molecular formula is C23H29N. The van der Waals surface area contributed by atoms with Crippen LogP contribution in [0.5, 0.6) is 0 Å². The van der Waals surface area contributed by atoms with E-state index in [1.807, 2.05) is 0 Å². The fourth-order valence-corrected chi connectivity index (χ4v) is 5.19. The van der Waals surface area contributed by atoms with Crippen LogP contribution in [-0.2, 0) is 5.41 Å². The van der Waals surface area contributed by atoms with Gasteiger partial charge in [0.25, 0.3) is 0 Å². The van der Waals surface area contributed by atoms with Crippen LogP contribution < -0.4 is 0 Å². The van der Waals surface area contributed by atoms with Crippen molar-refractivity contribution in [2.24, 2.45) is 0 Å². The van der Waals surface area contributed by atoms with E-state index in [9.17, 15) is 0 Å². The van der Waals surface area contributed by atoms with E-state index in [4.69, 9.17) is 0 Å². The van der Waals surface area contributed by atoms with Crippen molar-refractivity contribution >= 4 is 0 Å². The molecule has 1 heterocycles. The van der Waals surface area contributed by atoms with Gasteiger partial charge in [-0.2, -0.15) is 0 Å². The van der Waals surface area contributed by atoms with Gasteiger partial charge in [-0.3, -0.25) is 4.90 Å². The maximum atomic E-state index is 2.80. The van der Waals surface area contributed by atoms with Crippen LogP contribution in [0.15, 0.2) is 60.7 Å². The van der Waals surface area contributed by atoms with Gasteiger partial charge in [-0.1, -0.05) is 79.9 Å². The Labute approximate surface area is 146 Å². The van der Waals surface area contributed by atoms with Crippen LogP contribution >= 0.6 is 0 Å². The van der Waals surface area contributed by atoms with Gasteiger partial charge in [0.15, 0.2) is 0 Å². The molecule has 1 atom stereocenters. The van der Waals surface area contributed by atoms with Crippen molar-refractivity contribution < 1.29 is 0 Å². The first-order valence-corrected chi connectivity index (χ1v) is 9.75. The van der Waals surface area contributed by atoms with E-state index in [0.29, 0.717) is 11.5 Å². The van der Waals surface area contributed by atoms with Gasteiger partial charge in [0, 0.05) is 11.5 Å². The van der Waals surface area contributed by atoms with Gasteiger partial charge < -0.3 is 0 Å². The molecule has 4 rings (SSSR count). The second-order valence-corrected chi connectivity index (χ2v) is 7.64. The summed E-state index contributed by atoms with van der Waals surface area (Å²) in [6.07, 6.45) is 9.50. The minimum absolute atomic E-state index is 0.292. The molecule has 0 radical (unpaired) electrons. The third kappa shape index (κ3) is 2.91. The molecule has 24 heavy (non-hydrogen) atoms. The normalized spacial score (nSPS) is 22.3. The van der Waals surface area contributed by atoms with Crippen LogP contribution in [0.4, 0.5) is 0 Å². The van der Waals surface area contributed by atoms with Gasteiger partial charge in [-0.15, -0.1) is 0 Å². The van der Waals surface area contributed by atoms with Crippen molar-refractivity contribution in [3.8, 4) is 0 Å². The monoisotopic (exact) mass is 319 g/mol. The molecule has 1 nitrogen and oxygen atoms in total. The summed E-state index contributed by atoms with van der Waals surface area (Å²) in [5, 5.41) is 0. The van der Waals surface area contributed by atoms with Gasteiger partial charge >= 0.3 is 0 Å². The van der Waals surface area contributed by atoms with Crippen molar-refractivity contribution in [1.82, 2.24) is 4.90 Å². The molecular weight excluding hydrogens is 290 g/mol. The molecule has 1 aliphatic carbocycles. The largest absolute Gasteiger partial charge is 0.295 e. The van der Waals surface area contributed by atoms with Gasteiger partial charge in [-0.25, -0.2) is 0 Å². The maximum Gasteiger partial charge on any atom is 0.0444 e. The second-order valence-electron chi connectivity index (χ2n) is 7.64. The molecule has 2 fully saturated rings. The summed E-state index contributed by atoms with van der Waals surface area (Å²) < 4.78 is 0. The summed E-state index contributed by atoms with van der Waals surface area (Å²) in [6, 6.07) is 23.2. The molecule has 0 bridgehead atoms. The molecule has 126 valence electrons. The van der Waals surface area contributed by atoms with Crippen LogP contribution in [0.3, 0.4) is 0 Å². The highest BCUT2D eigenvalue weighted by atomic mass is 15.2. The van der Waals surface area contributed by atoms with Crippen LogP contribution in [0.1, 0.15) is 62.1 Å². The number of nitrogens with zero attached hydrogens (tertiary/aromatic N) is 1. The Hall–Kier alpha value is -1.60. The maximum absolute atomic E-state index is 2.80. The summed E-state index contributed by atoms with van der Waals surface area (Å²) in [4.78, 5) is 2.80. The Kier molecular flexibility index (Phi) is 4.71. The molecule has 2 aromatic carbocycles. The standard InChI is InChI=1S/C23H29N/c1-4-12-20(13-5-1)22(24-18-10-3-11-19-24)23(16-8-9-17-23)21-14-6-2-7-15-21/h1-2,4-7,12-15,22H,3,8-11,16-19H2. The van der Waals surface area contributed by atoms with E-state index in [0.717, 1.165) is 0 Å². The second kappa shape index (κ2) is 7.11. The minimum atomic E-state index is 0.292. The fraction of sp³-hybridized carbons (Fsp3) is 0.478. The Bertz CT molecular complexity index is 622. The summed E-state index contributed by atoms with van der Waals surface area (Å²) in [7, 11) is 0. The number of likely N-dealkylation sites (tertiary alicyclic amines) is 1. The highest BCUT2D eigenvalue weighted by Gasteiger charge is 2.46. The van der Waals surface area contributed by atoms with E-state index in [-0.39, 0.29) is 0 Å². The third-order valence-electron chi connectivity index (χ3n) is 6.24. The average Bonchev–Trinajstić information content (AvgIpc) is 3.15.